The van der Waals surface area contributed by atoms with Crippen LogP contribution >= 0.6 is 0 Å². The molecule has 4 heteroatoms. The van der Waals surface area contributed by atoms with E-state index in [2.05, 4.69) is 37.9 Å². The molecule has 2 N–H and O–H groups in total. The van der Waals surface area contributed by atoms with E-state index >= 15 is 0 Å². The number of rotatable bonds is 6. The molecule has 0 aromatic rings. The van der Waals surface area contributed by atoms with Gasteiger partial charge in [0.2, 0.25) is 0 Å². The number of aliphatic carboxylic acids is 1. The molecule has 1 saturated heterocycles. The number of nitrogens with one attached hydrogen (secondary N) is 1. The number of hydrogen-bond donors (Lipinski definition) is 2. The average molecular weight is 298 g/mol. The Morgan fingerprint density at radius 1 is 1.29 bits per heavy atom. The van der Waals surface area contributed by atoms with Crippen molar-refractivity contribution >= 4 is 5.97 Å². The summed E-state index contributed by atoms with van der Waals surface area (Å²) in [6.07, 6.45) is 3.09. The summed E-state index contributed by atoms with van der Waals surface area (Å²) in [4.78, 5) is 14.0. The van der Waals surface area contributed by atoms with Crippen molar-refractivity contribution in [3.63, 3.8) is 0 Å². The molecule has 2 atom stereocenters. The fourth-order valence-corrected chi connectivity index (χ4v) is 3.55. The molecule has 124 valence electrons. The lowest BCUT2D eigenvalue weighted by molar-refractivity contribution is -0.145. The van der Waals surface area contributed by atoms with Gasteiger partial charge in [0.15, 0.2) is 0 Å². The summed E-state index contributed by atoms with van der Waals surface area (Å²) < 4.78 is 0. The lowest BCUT2D eigenvalue weighted by Gasteiger charge is -2.42. The van der Waals surface area contributed by atoms with Gasteiger partial charge in [0.05, 0.1) is 0 Å². The van der Waals surface area contributed by atoms with Gasteiger partial charge in [-0.3, -0.25) is 4.79 Å². The largest absolute Gasteiger partial charge is 0.480 e. The standard InChI is InChI=1S/C17H34N2O2/c1-7-18-17(6,15(20)21)12-13(2)19-10-8-14(9-11-19)16(3,4)5/h13-14,18H,7-12H2,1-6H3,(H,20,21). The molecular weight excluding hydrogens is 264 g/mol. The molecule has 0 radical (unpaired) electrons. The summed E-state index contributed by atoms with van der Waals surface area (Å²) in [5.74, 6) is 0.0290. The van der Waals surface area contributed by atoms with Gasteiger partial charge in [-0.1, -0.05) is 27.7 Å². The maximum absolute atomic E-state index is 11.5. The molecule has 1 rings (SSSR count). The lowest BCUT2D eigenvalue weighted by atomic mass is 9.75. The van der Waals surface area contributed by atoms with Crippen LogP contribution in [0.5, 0.6) is 0 Å². The highest BCUT2D eigenvalue weighted by Gasteiger charge is 2.37. The lowest BCUT2D eigenvalue weighted by Crippen LogP contribution is -2.54. The van der Waals surface area contributed by atoms with Crippen molar-refractivity contribution < 1.29 is 9.90 Å². The first-order valence-corrected chi connectivity index (χ1v) is 8.32. The normalized spacial score (nSPS) is 22.8. The minimum absolute atomic E-state index is 0.297. The molecule has 0 bridgehead atoms. The molecular formula is C17H34N2O2. The first-order valence-electron chi connectivity index (χ1n) is 8.32. The van der Waals surface area contributed by atoms with E-state index in [-0.39, 0.29) is 0 Å². The van der Waals surface area contributed by atoms with E-state index in [9.17, 15) is 9.90 Å². The van der Waals surface area contributed by atoms with E-state index in [4.69, 9.17) is 0 Å². The Hall–Kier alpha value is -0.610. The van der Waals surface area contributed by atoms with Gasteiger partial charge in [0.25, 0.3) is 0 Å². The van der Waals surface area contributed by atoms with Crippen LogP contribution in [0.1, 0.15) is 60.8 Å². The highest BCUT2D eigenvalue weighted by molar-refractivity contribution is 5.78. The summed E-state index contributed by atoms with van der Waals surface area (Å²) in [5.41, 5.74) is -0.441. The Kier molecular flexibility index (Phi) is 6.23. The van der Waals surface area contributed by atoms with Gasteiger partial charge in [-0.25, -0.2) is 0 Å². The second-order valence-electron chi connectivity index (χ2n) is 7.90. The van der Waals surface area contributed by atoms with Crippen LogP contribution in [0.15, 0.2) is 0 Å². The maximum Gasteiger partial charge on any atom is 0.323 e. The molecule has 0 aromatic heterocycles. The van der Waals surface area contributed by atoms with Gasteiger partial charge >= 0.3 is 5.97 Å². The molecule has 0 spiro atoms. The van der Waals surface area contributed by atoms with Crippen molar-refractivity contribution in [2.24, 2.45) is 11.3 Å². The first-order chi connectivity index (χ1) is 9.60. The van der Waals surface area contributed by atoms with Crippen molar-refractivity contribution in [3.8, 4) is 0 Å². The van der Waals surface area contributed by atoms with E-state index in [0.29, 0.717) is 24.4 Å². The van der Waals surface area contributed by atoms with Crippen LogP contribution in [0, 0.1) is 11.3 Å². The fraction of sp³-hybridized carbons (Fsp3) is 0.941. The predicted octanol–water partition coefficient (Wildman–Crippen LogP) is 2.98. The van der Waals surface area contributed by atoms with E-state index in [1.54, 1.807) is 6.92 Å². The number of piperidine rings is 1. The first kappa shape index (κ1) is 18.4. The van der Waals surface area contributed by atoms with Gasteiger partial charge in [-0.05, 0) is 64.1 Å². The average Bonchev–Trinajstić information content (AvgIpc) is 2.37. The zero-order valence-corrected chi connectivity index (χ0v) is 14.7. The van der Waals surface area contributed by atoms with E-state index in [1.807, 2.05) is 6.92 Å². The molecule has 1 heterocycles. The predicted molar refractivity (Wildman–Crippen MR) is 87.5 cm³/mol. The van der Waals surface area contributed by atoms with Crippen molar-refractivity contribution in [1.82, 2.24) is 10.2 Å². The Bertz CT molecular complexity index is 343. The smallest absolute Gasteiger partial charge is 0.323 e. The summed E-state index contributed by atoms with van der Waals surface area (Å²) in [6, 6.07) is 0.297. The Balaban J connectivity index is 2.57. The van der Waals surface area contributed by atoms with Gasteiger partial charge in [-0.15, -0.1) is 0 Å². The second-order valence-corrected chi connectivity index (χ2v) is 7.90. The highest BCUT2D eigenvalue weighted by atomic mass is 16.4. The van der Waals surface area contributed by atoms with Crippen molar-refractivity contribution in [3.05, 3.63) is 0 Å². The van der Waals surface area contributed by atoms with E-state index < -0.39 is 11.5 Å². The second kappa shape index (κ2) is 7.10. The SMILES string of the molecule is CCNC(C)(CC(C)N1CCC(C(C)(C)C)CC1)C(=O)O. The molecule has 0 aliphatic carbocycles. The molecule has 2 unspecified atom stereocenters. The number of nitrogens with zero attached hydrogens (tertiary/aromatic N) is 1. The molecule has 1 fully saturated rings. The molecule has 1 aliphatic heterocycles. The van der Waals surface area contributed by atoms with E-state index in [0.717, 1.165) is 19.0 Å². The van der Waals surface area contributed by atoms with Crippen LogP contribution in [0.4, 0.5) is 0 Å². The van der Waals surface area contributed by atoms with Gasteiger partial charge < -0.3 is 15.3 Å². The zero-order valence-electron chi connectivity index (χ0n) is 14.7. The van der Waals surface area contributed by atoms with Crippen molar-refractivity contribution in [2.45, 2.75) is 72.4 Å². The number of carboxylic acid groups (broad SMARTS) is 1. The number of hydrogen-bond acceptors (Lipinski definition) is 3. The van der Waals surface area contributed by atoms with E-state index in [1.165, 1.54) is 12.8 Å². The fourth-order valence-electron chi connectivity index (χ4n) is 3.55. The molecule has 0 saturated carbocycles. The maximum atomic E-state index is 11.5. The van der Waals surface area contributed by atoms with Crippen molar-refractivity contribution in [2.75, 3.05) is 19.6 Å². The van der Waals surface area contributed by atoms with Crippen molar-refractivity contribution in [1.29, 1.82) is 0 Å². The number of likely N-dealkylation sites (tertiary alicyclic amines) is 1. The van der Waals surface area contributed by atoms with Crippen LogP contribution < -0.4 is 5.32 Å². The van der Waals surface area contributed by atoms with Gasteiger partial charge in [0, 0.05) is 6.04 Å². The number of carbonyl (C=O) groups is 1. The van der Waals surface area contributed by atoms with Crippen LogP contribution in [0.25, 0.3) is 0 Å². The topological polar surface area (TPSA) is 52.6 Å². The van der Waals surface area contributed by atoms with Crippen LogP contribution in [-0.2, 0) is 4.79 Å². The van der Waals surface area contributed by atoms with Crippen LogP contribution in [0.2, 0.25) is 0 Å². The number of carboxylic acids is 1. The zero-order chi connectivity index (χ0) is 16.3. The Labute approximate surface area is 130 Å². The molecule has 0 aromatic carbocycles. The Morgan fingerprint density at radius 3 is 2.19 bits per heavy atom. The van der Waals surface area contributed by atoms with Gasteiger partial charge in [-0.2, -0.15) is 0 Å². The minimum atomic E-state index is -0.824. The third-order valence-electron chi connectivity index (χ3n) is 5.12. The monoisotopic (exact) mass is 298 g/mol. The summed E-state index contributed by atoms with van der Waals surface area (Å²) >= 11 is 0. The third kappa shape index (κ3) is 4.96. The molecule has 0 amide bonds. The highest BCUT2D eigenvalue weighted by Crippen LogP contribution is 2.35. The molecule has 21 heavy (non-hydrogen) atoms. The van der Waals surface area contributed by atoms with Crippen LogP contribution in [0.3, 0.4) is 0 Å². The third-order valence-corrected chi connectivity index (χ3v) is 5.12. The van der Waals surface area contributed by atoms with Crippen LogP contribution in [-0.4, -0.2) is 47.2 Å². The molecule has 1 aliphatic rings. The summed E-state index contributed by atoms with van der Waals surface area (Å²) in [6.45, 7) is 15.8. The summed E-state index contributed by atoms with van der Waals surface area (Å²) in [7, 11) is 0. The Morgan fingerprint density at radius 2 is 1.81 bits per heavy atom. The minimum Gasteiger partial charge on any atom is -0.480 e. The molecule has 4 nitrogen and oxygen atoms in total. The summed E-state index contributed by atoms with van der Waals surface area (Å²) in [5, 5.41) is 12.6. The quantitative estimate of drug-likeness (QED) is 0.791. The number of likely N-dealkylation sites (N-methyl/N-ethyl adjacent to an activating group) is 1. The van der Waals surface area contributed by atoms with Gasteiger partial charge in [0.1, 0.15) is 5.54 Å².